The van der Waals surface area contributed by atoms with E-state index in [1.54, 1.807) is 12.4 Å². The van der Waals surface area contributed by atoms with E-state index in [0.717, 1.165) is 17.0 Å². The predicted octanol–water partition coefficient (Wildman–Crippen LogP) is 2.51. The summed E-state index contributed by atoms with van der Waals surface area (Å²) in [6, 6.07) is 13.4. The first-order chi connectivity index (χ1) is 11.7. The van der Waals surface area contributed by atoms with E-state index in [-0.39, 0.29) is 17.7 Å². The van der Waals surface area contributed by atoms with Crippen LogP contribution in [0.1, 0.15) is 23.0 Å². The van der Waals surface area contributed by atoms with Crippen molar-refractivity contribution in [1.82, 2.24) is 25.5 Å². The van der Waals surface area contributed by atoms with Gasteiger partial charge in [-0.3, -0.25) is 14.9 Å². The molecule has 1 aromatic carbocycles. The molecule has 0 radical (unpaired) electrons. The van der Waals surface area contributed by atoms with Gasteiger partial charge < -0.3 is 5.32 Å². The minimum Gasteiger partial charge on any atom is -0.344 e. The maximum absolute atomic E-state index is 12.4. The molecule has 0 saturated carbocycles. The summed E-state index contributed by atoms with van der Waals surface area (Å²) >= 11 is 1.30. The number of nitrogens with zero attached hydrogens (tertiary/aromatic N) is 3. The Morgan fingerprint density at radius 3 is 2.67 bits per heavy atom. The molecule has 0 aliphatic heterocycles. The zero-order valence-electron chi connectivity index (χ0n) is 13.1. The average Bonchev–Trinajstić information content (AvgIpc) is 3.05. The molecule has 3 aromatic rings. The topological polar surface area (TPSA) is 83.6 Å². The van der Waals surface area contributed by atoms with Gasteiger partial charge in [0.2, 0.25) is 11.1 Å². The number of aromatic nitrogens is 4. The lowest BCUT2D eigenvalue weighted by Crippen LogP contribution is -2.30. The Morgan fingerprint density at radius 1 is 1.21 bits per heavy atom. The highest BCUT2D eigenvalue weighted by molar-refractivity contribution is 7.99. The van der Waals surface area contributed by atoms with Crippen molar-refractivity contribution in [3.05, 3.63) is 71.8 Å². The molecule has 0 unspecified atom stereocenters. The summed E-state index contributed by atoms with van der Waals surface area (Å²) in [6.45, 7) is 1.82. The molecule has 0 saturated heterocycles. The van der Waals surface area contributed by atoms with Crippen LogP contribution in [0.25, 0.3) is 0 Å². The Labute approximate surface area is 144 Å². The van der Waals surface area contributed by atoms with E-state index < -0.39 is 0 Å². The van der Waals surface area contributed by atoms with E-state index in [4.69, 9.17) is 0 Å². The van der Waals surface area contributed by atoms with E-state index in [1.807, 2.05) is 49.4 Å². The molecule has 2 aromatic heterocycles. The molecule has 0 spiro atoms. The second-order valence-corrected chi connectivity index (χ2v) is 6.13. The summed E-state index contributed by atoms with van der Waals surface area (Å²) in [5.41, 5.74) is 1.95. The maximum atomic E-state index is 12.4. The molecule has 2 N–H and O–H groups in total. The number of carbonyl (C=O) groups excluding carboxylic acids is 1. The summed E-state index contributed by atoms with van der Waals surface area (Å²) < 4.78 is 0. The number of hydrogen-bond donors (Lipinski definition) is 2. The second-order valence-electron chi connectivity index (χ2n) is 5.19. The van der Waals surface area contributed by atoms with Crippen molar-refractivity contribution in [3.63, 3.8) is 0 Å². The molecule has 24 heavy (non-hydrogen) atoms. The summed E-state index contributed by atoms with van der Waals surface area (Å²) in [6.07, 6.45) is 3.48. The van der Waals surface area contributed by atoms with E-state index in [2.05, 4.69) is 25.5 Å². The first kappa shape index (κ1) is 16.2. The van der Waals surface area contributed by atoms with Gasteiger partial charge in [0.05, 0.1) is 11.8 Å². The molecule has 0 bridgehead atoms. The van der Waals surface area contributed by atoms with Crippen LogP contribution in [0, 0.1) is 6.92 Å². The molecule has 1 amide bonds. The summed E-state index contributed by atoms with van der Waals surface area (Å²) in [5.74, 6) is 0.900. The highest BCUT2D eigenvalue weighted by Crippen LogP contribution is 2.21. The number of nitrogens with one attached hydrogen (secondary N) is 2. The fourth-order valence-electron chi connectivity index (χ4n) is 2.27. The van der Waals surface area contributed by atoms with Crippen molar-refractivity contribution in [1.29, 1.82) is 0 Å². The van der Waals surface area contributed by atoms with Crippen molar-refractivity contribution < 1.29 is 4.79 Å². The largest absolute Gasteiger partial charge is 0.344 e. The van der Waals surface area contributed by atoms with Crippen LogP contribution in [0.15, 0.2) is 60.0 Å². The smallest absolute Gasteiger partial charge is 0.231 e. The molecule has 122 valence electrons. The van der Waals surface area contributed by atoms with Crippen molar-refractivity contribution >= 4 is 17.7 Å². The van der Waals surface area contributed by atoms with Gasteiger partial charge in [0.15, 0.2) is 0 Å². The van der Waals surface area contributed by atoms with E-state index in [1.165, 1.54) is 11.8 Å². The number of hydrogen-bond acceptors (Lipinski definition) is 5. The van der Waals surface area contributed by atoms with Gasteiger partial charge in [-0.05, 0) is 24.1 Å². The van der Waals surface area contributed by atoms with Crippen molar-refractivity contribution in [3.8, 4) is 0 Å². The summed E-state index contributed by atoms with van der Waals surface area (Å²) in [4.78, 5) is 20.7. The molecule has 2 heterocycles. The van der Waals surface area contributed by atoms with Crippen LogP contribution in [0.2, 0.25) is 0 Å². The number of amides is 1. The third-order valence-electron chi connectivity index (χ3n) is 3.37. The van der Waals surface area contributed by atoms with Crippen molar-refractivity contribution in [2.75, 3.05) is 5.75 Å². The molecule has 0 aliphatic rings. The van der Waals surface area contributed by atoms with Gasteiger partial charge in [-0.15, -0.1) is 5.10 Å². The fourth-order valence-corrected chi connectivity index (χ4v) is 2.93. The molecular formula is C17H17N5OS. The number of aryl methyl sites for hydroxylation is 1. The molecule has 7 heteroatoms. The van der Waals surface area contributed by atoms with Crippen LogP contribution in [-0.2, 0) is 4.79 Å². The van der Waals surface area contributed by atoms with Gasteiger partial charge in [0, 0.05) is 12.4 Å². The normalized spacial score (nSPS) is 11.9. The predicted molar refractivity (Wildman–Crippen MR) is 92.5 cm³/mol. The van der Waals surface area contributed by atoms with E-state index >= 15 is 0 Å². The standard InChI is InChI=1S/C17H17N5OS/c1-12-19-17(22-21-12)24-11-15(23)20-16(13-6-3-2-4-7-13)14-8-5-9-18-10-14/h2-10,16H,11H2,1H3,(H,20,23)(H,19,21,22)/t16-/m0/s1. The Balaban J connectivity index is 1.71. The van der Waals surface area contributed by atoms with Gasteiger partial charge in [-0.1, -0.05) is 48.2 Å². The van der Waals surface area contributed by atoms with Crippen LogP contribution in [0.4, 0.5) is 0 Å². The molecule has 3 rings (SSSR count). The van der Waals surface area contributed by atoms with Gasteiger partial charge in [-0.25, -0.2) is 4.98 Å². The number of carbonyl (C=O) groups is 1. The molecular weight excluding hydrogens is 322 g/mol. The van der Waals surface area contributed by atoms with Gasteiger partial charge in [0.25, 0.3) is 0 Å². The zero-order valence-corrected chi connectivity index (χ0v) is 14.0. The average molecular weight is 339 g/mol. The zero-order chi connectivity index (χ0) is 16.8. The molecule has 1 atom stereocenters. The SMILES string of the molecule is Cc1nc(SCC(=O)N[C@@H](c2ccccc2)c2cccnc2)n[nH]1. The van der Waals surface area contributed by atoms with Gasteiger partial charge >= 0.3 is 0 Å². The van der Waals surface area contributed by atoms with Crippen molar-refractivity contribution in [2.24, 2.45) is 0 Å². The van der Waals surface area contributed by atoms with Gasteiger partial charge in [0.1, 0.15) is 5.82 Å². The van der Waals surface area contributed by atoms with E-state index in [9.17, 15) is 4.79 Å². The third-order valence-corrected chi connectivity index (χ3v) is 4.21. The monoisotopic (exact) mass is 339 g/mol. The highest BCUT2D eigenvalue weighted by atomic mass is 32.2. The number of thioether (sulfide) groups is 1. The number of aromatic amines is 1. The van der Waals surface area contributed by atoms with Gasteiger partial charge in [-0.2, -0.15) is 0 Å². The number of benzene rings is 1. The molecule has 6 nitrogen and oxygen atoms in total. The molecule has 0 aliphatic carbocycles. The Kier molecular flexibility index (Phi) is 5.22. The van der Waals surface area contributed by atoms with Crippen LogP contribution in [0.5, 0.6) is 0 Å². The Bertz CT molecular complexity index is 752. The van der Waals surface area contributed by atoms with Crippen LogP contribution < -0.4 is 5.32 Å². The fraction of sp³-hybridized carbons (Fsp3) is 0.176. The number of H-pyrrole nitrogens is 1. The quantitative estimate of drug-likeness (QED) is 0.674. The third kappa shape index (κ3) is 4.20. The van der Waals surface area contributed by atoms with Crippen LogP contribution >= 0.6 is 11.8 Å². The van der Waals surface area contributed by atoms with Crippen LogP contribution in [-0.4, -0.2) is 31.8 Å². The minimum atomic E-state index is -0.234. The lowest BCUT2D eigenvalue weighted by atomic mass is 10.0. The molecule has 0 fully saturated rings. The highest BCUT2D eigenvalue weighted by Gasteiger charge is 2.17. The second kappa shape index (κ2) is 7.74. The summed E-state index contributed by atoms with van der Waals surface area (Å²) in [5, 5.41) is 10.4. The summed E-state index contributed by atoms with van der Waals surface area (Å²) in [7, 11) is 0. The number of rotatable bonds is 6. The Morgan fingerprint density at radius 2 is 2.00 bits per heavy atom. The minimum absolute atomic E-state index is 0.0832. The first-order valence-electron chi connectivity index (χ1n) is 7.48. The van der Waals surface area contributed by atoms with Crippen molar-refractivity contribution in [2.45, 2.75) is 18.1 Å². The lowest BCUT2D eigenvalue weighted by molar-refractivity contribution is -0.119. The maximum Gasteiger partial charge on any atom is 0.231 e. The van der Waals surface area contributed by atoms with E-state index in [0.29, 0.717) is 5.16 Å². The first-order valence-corrected chi connectivity index (χ1v) is 8.47. The lowest BCUT2D eigenvalue weighted by Gasteiger charge is -2.19. The number of pyridine rings is 1. The Hall–Kier alpha value is -2.67. The van der Waals surface area contributed by atoms with Crippen LogP contribution in [0.3, 0.4) is 0 Å².